The Morgan fingerprint density at radius 3 is 2.50 bits per heavy atom. The second kappa shape index (κ2) is 5.11. The SMILES string of the molecule is COc1ccc(CO[C]=O)cc1OC. The summed E-state index contributed by atoms with van der Waals surface area (Å²) in [4.78, 5) is 9.85. The lowest BCUT2D eigenvalue weighted by atomic mass is 10.2. The van der Waals surface area contributed by atoms with E-state index in [1.54, 1.807) is 32.4 Å². The maximum atomic E-state index is 9.85. The van der Waals surface area contributed by atoms with Crippen LogP contribution in [-0.4, -0.2) is 20.7 Å². The minimum absolute atomic E-state index is 0.184. The van der Waals surface area contributed by atoms with Gasteiger partial charge in [-0.3, -0.25) is 0 Å². The zero-order valence-corrected chi connectivity index (χ0v) is 8.07. The largest absolute Gasteiger partial charge is 0.493 e. The van der Waals surface area contributed by atoms with Gasteiger partial charge >= 0.3 is 6.47 Å². The molecule has 14 heavy (non-hydrogen) atoms. The molecule has 0 N–H and O–H groups in total. The van der Waals surface area contributed by atoms with Crippen molar-refractivity contribution in [2.45, 2.75) is 6.61 Å². The van der Waals surface area contributed by atoms with Crippen molar-refractivity contribution in [2.75, 3.05) is 14.2 Å². The first-order valence-corrected chi connectivity index (χ1v) is 4.01. The van der Waals surface area contributed by atoms with Crippen LogP contribution in [0, 0.1) is 0 Å². The molecule has 4 nitrogen and oxygen atoms in total. The van der Waals surface area contributed by atoms with Crippen molar-refractivity contribution in [1.82, 2.24) is 0 Å². The fourth-order valence-corrected chi connectivity index (χ4v) is 1.08. The summed E-state index contributed by atoms with van der Waals surface area (Å²) in [7, 11) is 3.11. The van der Waals surface area contributed by atoms with E-state index in [9.17, 15) is 4.79 Å². The molecule has 0 amide bonds. The zero-order valence-electron chi connectivity index (χ0n) is 8.07. The van der Waals surface area contributed by atoms with Gasteiger partial charge in [0.2, 0.25) is 0 Å². The van der Waals surface area contributed by atoms with E-state index in [2.05, 4.69) is 4.74 Å². The normalized spacial score (nSPS) is 9.29. The Balaban J connectivity index is 2.83. The third-order valence-electron chi connectivity index (χ3n) is 1.75. The van der Waals surface area contributed by atoms with Crippen molar-refractivity contribution in [3.8, 4) is 11.5 Å². The van der Waals surface area contributed by atoms with Crippen LogP contribution >= 0.6 is 0 Å². The second-order valence-electron chi connectivity index (χ2n) is 2.56. The fraction of sp³-hybridized carbons (Fsp3) is 0.300. The summed E-state index contributed by atoms with van der Waals surface area (Å²) in [5.41, 5.74) is 0.825. The molecule has 1 aromatic carbocycles. The van der Waals surface area contributed by atoms with Gasteiger partial charge in [0.15, 0.2) is 11.5 Å². The molecular weight excluding hydrogens is 184 g/mol. The van der Waals surface area contributed by atoms with E-state index in [0.29, 0.717) is 11.5 Å². The topological polar surface area (TPSA) is 44.8 Å². The van der Waals surface area contributed by atoms with Crippen molar-refractivity contribution >= 4 is 6.47 Å². The van der Waals surface area contributed by atoms with E-state index in [1.165, 1.54) is 6.47 Å². The lowest BCUT2D eigenvalue weighted by Gasteiger charge is -2.08. The molecule has 0 saturated heterocycles. The number of rotatable bonds is 5. The standard InChI is InChI=1S/C10H11O4/c1-12-9-4-3-8(6-14-7-11)5-10(9)13-2/h3-5H,6H2,1-2H3. The first-order chi connectivity index (χ1) is 6.81. The van der Waals surface area contributed by atoms with Gasteiger partial charge in [-0.25, -0.2) is 4.79 Å². The number of hydrogen-bond donors (Lipinski definition) is 0. The third kappa shape index (κ3) is 2.39. The highest BCUT2D eigenvalue weighted by Crippen LogP contribution is 2.27. The molecule has 1 radical (unpaired) electrons. The van der Waals surface area contributed by atoms with Gasteiger partial charge in [0.25, 0.3) is 0 Å². The van der Waals surface area contributed by atoms with E-state index >= 15 is 0 Å². The van der Waals surface area contributed by atoms with Crippen molar-refractivity contribution < 1.29 is 19.0 Å². The van der Waals surface area contributed by atoms with Crippen LogP contribution in [0.1, 0.15) is 5.56 Å². The van der Waals surface area contributed by atoms with Crippen molar-refractivity contribution in [1.29, 1.82) is 0 Å². The van der Waals surface area contributed by atoms with Gasteiger partial charge in [0.1, 0.15) is 6.61 Å². The molecule has 1 aromatic rings. The summed E-state index contributed by atoms with van der Waals surface area (Å²) >= 11 is 0. The Hall–Kier alpha value is -1.71. The van der Waals surface area contributed by atoms with Crippen LogP contribution in [0.2, 0.25) is 0 Å². The first kappa shape index (κ1) is 10.4. The monoisotopic (exact) mass is 195 g/mol. The van der Waals surface area contributed by atoms with E-state index in [-0.39, 0.29) is 6.61 Å². The highest BCUT2D eigenvalue weighted by Gasteiger charge is 2.04. The smallest absolute Gasteiger partial charge is 0.417 e. The van der Waals surface area contributed by atoms with Crippen LogP contribution in [-0.2, 0) is 16.1 Å². The lowest BCUT2D eigenvalue weighted by Crippen LogP contribution is -1.94. The molecule has 0 saturated carbocycles. The second-order valence-corrected chi connectivity index (χ2v) is 2.56. The summed E-state index contributed by atoms with van der Waals surface area (Å²) in [6, 6.07) is 5.29. The number of ether oxygens (including phenoxy) is 3. The van der Waals surface area contributed by atoms with Gasteiger partial charge in [-0.1, -0.05) is 6.07 Å². The lowest BCUT2D eigenvalue weighted by molar-refractivity contribution is 0.266. The first-order valence-electron chi connectivity index (χ1n) is 4.01. The average molecular weight is 195 g/mol. The third-order valence-corrected chi connectivity index (χ3v) is 1.75. The van der Waals surface area contributed by atoms with Crippen molar-refractivity contribution in [2.24, 2.45) is 0 Å². The maximum Gasteiger partial charge on any atom is 0.417 e. The molecule has 0 aliphatic heterocycles. The predicted molar refractivity (Wildman–Crippen MR) is 50.0 cm³/mol. The van der Waals surface area contributed by atoms with Crippen LogP contribution in [0.4, 0.5) is 0 Å². The van der Waals surface area contributed by atoms with Crippen LogP contribution in [0.15, 0.2) is 18.2 Å². The Labute approximate surface area is 82.4 Å². The van der Waals surface area contributed by atoms with E-state index in [1.807, 2.05) is 0 Å². The zero-order chi connectivity index (χ0) is 10.4. The molecule has 0 fully saturated rings. The highest BCUT2D eigenvalue weighted by molar-refractivity contribution is 5.43. The molecule has 0 heterocycles. The fourth-order valence-electron chi connectivity index (χ4n) is 1.08. The van der Waals surface area contributed by atoms with Gasteiger partial charge in [0, 0.05) is 0 Å². The number of carbonyl (C=O) groups excluding carboxylic acids is 1. The maximum absolute atomic E-state index is 9.85. The molecule has 4 heteroatoms. The van der Waals surface area contributed by atoms with Crippen molar-refractivity contribution in [3.63, 3.8) is 0 Å². The van der Waals surface area contributed by atoms with Gasteiger partial charge < -0.3 is 14.2 Å². The number of benzene rings is 1. The highest BCUT2D eigenvalue weighted by atomic mass is 16.5. The quantitative estimate of drug-likeness (QED) is 0.710. The molecule has 0 unspecified atom stereocenters. The molecule has 0 aromatic heterocycles. The predicted octanol–water partition coefficient (Wildman–Crippen LogP) is 1.29. The molecule has 0 atom stereocenters. The van der Waals surface area contributed by atoms with Crippen LogP contribution in [0.3, 0.4) is 0 Å². The van der Waals surface area contributed by atoms with Crippen LogP contribution < -0.4 is 9.47 Å². The number of hydrogen-bond acceptors (Lipinski definition) is 4. The summed E-state index contributed by atoms with van der Waals surface area (Å²) in [5.74, 6) is 1.26. The van der Waals surface area contributed by atoms with Crippen molar-refractivity contribution in [3.05, 3.63) is 23.8 Å². The Morgan fingerprint density at radius 1 is 1.21 bits per heavy atom. The van der Waals surface area contributed by atoms with E-state index in [0.717, 1.165) is 5.56 Å². The Kier molecular flexibility index (Phi) is 3.79. The minimum Gasteiger partial charge on any atom is -0.493 e. The molecule has 0 spiro atoms. The molecular formula is C10H11O4. The van der Waals surface area contributed by atoms with E-state index < -0.39 is 0 Å². The van der Waals surface area contributed by atoms with Gasteiger partial charge in [0.05, 0.1) is 14.2 Å². The molecule has 75 valence electrons. The molecule has 0 aliphatic carbocycles. The molecule has 1 rings (SSSR count). The average Bonchev–Trinajstić information content (AvgIpc) is 2.25. The summed E-state index contributed by atoms with van der Waals surface area (Å²) in [5, 5.41) is 0. The number of methoxy groups -OCH3 is 2. The van der Waals surface area contributed by atoms with E-state index in [4.69, 9.17) is 9.47 Å². The van der Waals surface area contributed by atoms with Crippen LogP contribution in [0.5, 0.6) is 11.5 Å². The van der Waals surface area contributed by atoms with Gasteiger partial charge in [-0.2, -0.15) is 0 Å². The molecule has 0 aliphatic rings. The minimum atomic E-state index is 0.184. The van der Waals surface area contributed by atoms with Crippen LogP contribution in [0.25, 0.3) is 0 Å². The van der Waals surface area contributed by atoms with Gasteiger partial charge in [-0.15, -0.1) is 0 Å². The molecule has 0 bridgehead atoms. The van der Waals surface area contributed by atoms with Gasteiger partial charge in [-0.05, 0) is 17.7 Å². The summed E-state index contributed by atoms with van der Waals surface area (Å²) in [6.45, 7) is 1.54. The Morgan fingerprint density at radius 2 is 1.93 bits per heavy atom. The summed E-state index contributed by atoms with van der Waals surface area (Å²) in [6.07, 6.45) is 0. The Bertz CT molecular complexity index is 309. The summed E-state index contributed by atoms with van der Waals surface area (Å²) < 4.78 is 14.6.